The molecule has 0 aliphatic carbocycles. The first-order chi connectivity index (χ1) is 10.0. The van der Waals surface area contributed by atoms with E-state index < -0.39 is 12.1 Å². The number of aromatic nitrogens is 2. The van der Waals surface area contributed by atoms with E-state index in [9.17, 15) is 13.2 Å². The normalized spacial score (nSPS) is 14.9. The lowest BCUT2D eigenvalue weighted by atomic mass is 10.1. The van der Waals surface area contributed by atoms with Crippen LogP contribution < -0.4 is 0 Å². The fourth-order valence-electron chi connectivity index (χ4n) is 1.84. The minimum Gasteiger partial charge on any atom is -0.329 e. The molecule has 1 aromatic carbocycles. The van der Waals surface area contributed by atoms with Crippen LogP contribution in [-0.2, 0) is 17.6 Å². The lowest BCUT2D eigenvalue weighted by Crippen LogP contribution is -2.12. The Morgan fingerprint density at radius 2 is 1.95 bits per heavy atom. The van der Waals surface area contributed by atoms with Gasteiger partial charge in [-0.2, -0.15) is 18.2 Å². The van der Waals surface area contributed by atoms with Crippen LogP contribution in [0.15, 0.2) is 41.1 Å². The van der Waals surface area contributed by atoms with Gasteiger partial charge in [0.15, 0.2) is 0 Å². The van der Waals surface area contributed by atoms with Gasteiger partial charge >= 0.3 is 12.1 Å². The van der Waals surface area contributed by atoms with Gasteiger partial charge in [-0.25, -0.2) is 0 Å². The summed E-state index contributed by atoms with van der Waals surface area (Å²) in [6.07, 6.45) is -0.931. The van der Waals surface area contributed by atoms with E-state index in [0.29, 0.717) is 18.7 Å². The Hall–Kier alpha value is -2.35. The number of nitrogens with zero attached hydrogens (tertiary/aromatic N) is 3. The Bertz CT molecular complexity index is 649. The molecule has 0 saturated carbocycles. The Morgan fingerprint density at radius 1 is 1.19 bits per heavy atom. The number of hydroxylamine groups is 2. The molecular weight excluding hydrogens is 287 g/mol. The molecule has 1 aliphatic rings. The van der Waals surface area contributed by atoms with Crippen LogP contribution in [0.5, 0.6) is 0 Å². The van der Waals surface area contributed by atoms with Crippen molar-refractivity contribution in [3.05, 3.63) is 48.0 Å². The van der Waals surface area contributed by atoms with Crippen molar-refractivity contribution >= 4 is 0 Å². The SMILES string of the molecule is FC(F)(F)c1nc(-c2ccc(CN3C=CCO3)cc2)no1. The second-order valence-electron chi connectivity index (χ2n) is 4.37. The minimum atomic E-state index is -4.63. The van der Waals surface area contributed by atoms with Gasteiger partial charge in [0, 0.05) is 11.8 Å². The fourth-order valence-corrected chi connectivity index (χ4v) is 1.84. The second-order valence-corrected chi connectivity index (χ2v) is 4.37. The Labute approximate surface area is 117 Å². The summed E-state index contributed by atoms with van der Waals surface area (Å²) in [5, 5.41) is 5.01. The van der Waals surface area contributed by atoms with Crippen LogP contribution in [0.3, 0.4) is 0 Å². The molecule has 1 aromatic heterocycles. The van der Waals surface area contributed by atoms with Crippen molar-refractivity contribution in [2.45, 2.75) is 12.7 Å². The molecule has 0 atom stereocenters. The molecule has 8 heteroatoms. The summed E-state index contributed by atoms with van der Waals surface area (Å²) >= 11 is 0. The predicted octanol–water partition coefficient (Wildman–Crippen LogP) is 3.02. The maximum atomic E-state index is 12.4. The van der Waals surface area contributed by atoms with Gasteiger partial charge in [0.1, 0.15) is 0 Å². The van der Waals surface area contributed by atoms with E-state index in [1.807, 2.05) is 12.3 Å². The van der Waals surface area contributed by atoms with Crippen molar-refractivity contribution in [3.63, 3.8) is 0 Å². The van der Waals surface area contributed by atoms with Gasteiger partial charge in [0.05, 0.1) is 13.2 Å². The monoisotopic (exact) mass is 297 g/mol. The summed E-state index contributed by atoms with van der Waals surface area (Å²) in [6.45, 7) is 1.10. The molecule has 3 rings (SSSR count). The number of hydrogen-bond donors (Lipinski definition) is 0. The highest BCUT2D eigenvalue weighted by Gasteiger charge is 2.38. The topological polar surface area (TPSA) is 51.4 Å². The number of alkyl halides is 3. The molecule has 2 heterocycles. The second kappa shape index (κ2) is 5.21. The van der Waals surface area contributed by atoms with Gasteiger partial charge in [-0.1, -0.05) is 29.4 Å². The molecule has 0 radical (unpaired) electrons. The van der Waals surface area contributed by atoms with Crippen molar-refractivity contribution < 1.29 is 22.5 Å². The molecule has 1 aliphatic heterocycles. The van der Waals surface area contributed by atoms with Crippen molar-refractivity contribution in [2.75, 3.05) is 6.61 Å². The smallest absolute Gasteiger partial charge is 0.329 e. The van der Waals surface area contributed by atoms with E-state index in [-0.39, 0.29) is 5.82 Å². The lowest BCUT2D eigenvalue weighted by molar-refractivity contribution is -0.159. The molecule has 5 nitrogen and oxygen atoms in total. The zero-order valence-corrected chi connectivity index (χ0v) is 10.7. The van der Waals surface area contributed by atoms with E-state index in [1.165, 1.54) is 0 Å². The van der Waals surface area contributed by atoms with E-state index in [4.69, 9.17) is 4.84 Å². The first-order valence-electron chi connectivity index (χ1n) is 6.09. The summed E-state index contributed by atoms with van der Waals surface area (Å²) in [5.74, 6) is -1.44. The molecule has 21 heavy (non-hydrogen) atoms. The number of halogens is 3. The van der Waals surface area contributed by atoms with Crippen LogP contribution in [0.25, 0.3) is 11.4 Å². The van der Waals surface area contributed by atoms with Gasteiger partial charge in [-0.15, -0.1) is 0 Å². The van der Waals surface area contributed by atoms with Crippen molar-refractivity contribution in [2.24, 2.45) is 0 Å². The van der Waals surface area contributed by atoms with Crippen LogP contribution in [0.1, 0.15) is 11.5 Å². The fraction of sp³-hybridized carbons (Fsp3) is 0.231. The predicted molar refractivity (Wildman–Crippen MR) is 65.4 cm³/mol. The van der Waals surface area contributed by atoms with Crippen LogP contribution >= 0.6 is 0 Å². The molecule has 0 saturated heterocycles. The van der Waals surface area contributed by atoms with E-state index in [1.54, 1.807) is 29.3 Å². The third-order valence-corrected chi connectivity index (χ3v) is 2.83. The standard InChI is InChI=1S/C13H10F3N3O2/c14-13(15,16)12-17-11(18-21-12)10-4-2-9(3-5-10)8-19-6-1-7-20-19/h1-6H,7-8H2. The summed E-state index contributed by atoms with van der Waals surface area (Å²) in [5.41, 5.74) is 1.40. The largest absolute Gasteiger partial charge is 0.471 e. The summed E-state index contributed by atoms with van der Waals surface area (Å²) < 4.78 is 41.4. The summed E-state index contributed by atoms with van der Waals surface area (Å²) in [6, 6.07) is 6.82. The van der Waals surface area contributed by atoms with Gasteiger partial charge in [-0.05, 0) is 11.6 Å². The van der Waals surface area contributed by atoms with Crippen LogP contribution in [0.4, 0.5) is 13.2 Å². The summed E-state index contributed by atoms with van der Waals surface area (Å²) in [7, 11) is 0. The zero-order chi connectivity index (χ0) is 14.9. The highest BCUT2D eigenvalue weighted by molar-refractivity contribution is 5.54. The van der Waals surface area contributed by atoms with Crippen LogP contribution in [0, 0.1) is 0 Å². The van der Waals surface area contributed by atoms with E-state index in [0.717, 1.165) is 5.56 Å². The molecule has 0 amide bonds. The first kappa shape index (κ1) is 13.6. The minimum absolute atomic E-state index is 0.0915. The first-order valence-corrected chi connectivity index (χ1v) is 6.09. The maximum absolute atomic E-state index is 12.4. The number of benzene rings is 1. The highest BCUT2D eigenvalue weighted by Crippen LogP contribution is 2.29. The third-order valence-electron chi connectivity index (χ3n) is 2.83. The number of rotatable bonds is 3. The van der Waals surface area contributed by atoms with Crippen molar-refractivity contribution in [1.29, 1.82) is 0 Å². The maximum Gasteiger partial charge on any atom is 0.471 e. The van der Waals surface area contributed by atoms with Gasteiger partial charge in [0.2, 0.25) is 5.82 Å². The Balaban J connectivity index is 1.74. The van der Waals surface area contributed by atoms with E-state index in [2.05, 4.69) is 14.7 Å². The third kappa shape index (κ3) is 3.05. The summed E-state index contributed by atoms with van der Waals surface area (Å²) in [4.78, 5) is 8.61. The average Bonchev–Trinajstić information content (AvgIpc) is 3.09. The zero-order valence-electron chi connectivity index (χ0n) is 10.7. The van der Waals surface area contributed by atoms with Crippen molar-refractivity contribution in [1.82, 2.24) is 15.2 Å². The van der Waals surface area contributed by atoms with Gasteiger partial charge < -0.3 is 4.52 Å². The van der Waals surface area contributed by atoms with Gasteiger partial charge in [0.25, 0.3) is 0 Å². The quantitative estimate of drug-likeness (QED) is 0.871. The molecule has 110 valence electrons. The van der Waals surface area contributed by atoms with Crippen LogP contribution in [-0.4, -0.2) is 21.8 Å². The van der Waals surface area contributed by atoms with Crippen LogP contribution in [0.2, 0.25) is 0 Å². The Kier molecular flexibility index (Phi) is 3.38. The Morgan fingerprint density at radius 3 is 2.52 bits per heavy atom. The molecule has 0 N–H and O–H groups in total. The average molecular weight is 297 g/mol. The highest BCUT2D eigenvalue weighted by atomic mass is 19.4. The lowest BCUT2D eigenvalue weighted by Gasteiger charge is -2.14. The molecular formula is C13H10F3N3O2. The van der Waals surface area contributed by atoms with Crippen molar-refractivity contribution in [3.8, 4) is 11.4 Å². The molecule has 0 spiro atoms. The number of hydrogen-bond acceptors (Lipinski definition) is 5. The molecule has 0 fully saturated rings. The molecule has 2 aromatic rings. The van der Waals surface area contributed by atoms with E-state index >= 15 is 0 Å². The molecule has 0 unspecified atom stereocenters. The molecule has 0 bridgehead atoms. The van der Waals surface area contributed by atoms with Gasteiger partial charge in [-0.3, -0.25) is 9.90 Å².